The summed E-state index contributed by atoms with van der Waals surface area (Å²) in [6, 6.07) is 8.09. The fourth-order valence-electron chi connectivity index (χ4n) is 2.51. The summed E-state index contributed by atoms with van der Waals surface area (Å²) in [5.41, 5.74) is 0.417. The third-order valence-electron chi connectivity index (χ3n) is 3.87. The normalized spacial score (nSPS) is 13.0. The van der Waals surface area contributed by atoms with E-state index in [0.29, 0.717) is 22.9 Å². The molecule has 3 rings (SSSR count). The molecule has 2 heterocycles. The molecule has 0 bridgehead atoms. The van der Waals surface area contributed by atoms with E-state index < -0.39 is 11.7 Å². The Morgan fingerprint density at radius 2 is 1.84 bits per heavy atom. The maximum atomic E-state index is 12.6. The van der Waals surface area contributed by atoms with E-state index in [1.807, 2.05) is 6.92 Å². The van der Waals surface area contributed by atoms with E-state index >= 15 is 0 Å². The van der Waals surface area contributed by atoms with E-state index in [1.54, 1.807) is 19.2 Å². The second kappa shape index (κ2) is 6.19. The van der Waals surface area contributed by atoms with Gasteiger partial charge in [0, 0.05) is 18.2 Å². The highest BCUT2D eigenvalue weighted by Gasteiger charge is 2.30. The Bertz CT molecular complexity index is 942. The fourth-order valence-corrected chi connectivity index (χ4v) is 2.51. The Balaban J connectivity index is 1.87. The van der Waals surface area contributed by atoms with Gasteiger partial charge in [0.25, 0.3) is 5.56 Å². The van der Waals surface area contributed by atoms with Crippen LogP contribution in [-0.2, 0) is 6.18 Å². The molecule has 1 aromatic carbocycles. The van der Waals surface area contributed by atoms with Crippen LogP contribution in [0, 0.1) is 6.92 Å². The number of nitrogens with one attached hydrogen (secondary N) is 1. The molecule has 2 aromatic heterocycles. The number of alkyl halides is 3. The number of halogens is 3. The van der Waals surface area contributed by atoms with Crippen LogP contribution in [-0.4, -0.2) is 19.7 Å². The van der Waals surface area contributed by atoms with Crippen molar-refractivity contribution in [2.24, 2.45) is 0 Å². The molecule has 0 radical (unpaired) electrons. The summed E-state index contributed by atoms with van der Waals surface area (Å²) in [5.74, 6) is 0.647. The van der Waals surface area contributed by atoms with Gasteiger partial charge in [0.05, 0.1) is 11.3 Å². The number of nitrogens with zero attached hydrogens (tertiary/aromatic N) is 3. The van der Waals surface area contributed by atoms with Crippen LogP contribution in [0.25, 0.3) is 5.82 Å². The molecule has 0 aliphatic heterocycles. The first-order chi connectivity index (χ1) is 11.7. The highest BCUT2D eigenvalue weighted by molar-refractivity contribution is 5.32. The van der Waals surface area contributed by atoms with Gasteiger partial charge in [0.1, 0.15) is 5.82 Å². The lowest BCUT2D eigenvalue weighted by atomic mass is 9.97. The second-order valence-corrected chi connectivity index (χ2v) is 5.72. The highest BCUT2D eigenvalue weighted by Crippen LogP contribution is 2.31. The average Bonchev–Trinajstić information content (AvgIpc) is 3.02. The van der Waals surface area contributed by atoms with Crippen LogP contribution in [0.15, 0.2) is 47.4 Å². The summed E-state index contributed by atoms with van der Waals surface area (Å²) in [4.78, 5) is 18.3. The SMILES string of the molecule is Cc1nc(-n2ccc(C(C)c3ccc(C(F)(F)F)cc3)n2)cc(=O)[nH]1. The third kappa shape index (κ3) is 3.62. The Hall–Kier alpha value is -2.90. The Labute approximate surface area is 141 Å². The van der Waals surface area contributed by atoms with E-state index in [1.165, 1.54) is 22.9 Å². The van der Waals surface area contributed by atoms with Crippen LogP contribution >= 0.6 is 0 Å². The number of rotatable bonds is 3. The predicted molar refractivity (Wildman–Crippen MR) is 85.7 cm³/mol. The van der Waals surface area contributed by atoms with Gasteiger partial charge in [-0.2, -0.15) is 18.3 Å². The molecular weight excluding hydrogens is 333 g/mol. The highest BCUT2D eigenvalue weighted by atomic mass is 19.4. The van der Waals surface area contributed by atoms with Gasteiger partial charge in [-0.25, -0.2) is 9.67 Å². The molecule has 5 nitrogen and oxygen atoms in total. The topological polar surface area (TPSA) is 63.6 Å². The number of H-pyrrole nitrogens is 1. The van der Waals surface area contributed by atoms with Crippen LogP contribution in [0.1, 0.15) is 35.5 Å². The van der Waals surface area contributed by atoms with Crippen LogP contribution < -0.4 is 5.56 Å². The number of aromatic amines is 1. The van der Waals surface area contributed by atoms with Crippen LogP contribution in [0.2, 0.25) is 0 Å². The second-order valence-electron chi connectivity index (χ2n) is 5.72. The summed E-state index contributed by atoms with van der Waals surface area (Å²) in [6.07, 6.45) is -2.69. The number of benzene rings is 1. The minimum Gasteiger partial charge on any atom is -0.311 e. The molecule has 0 aliphatic rings. The maximum absolute atomic E-state index is 12.6. The quantitative estimate of drug-likeness (QED) is 0.789. The van der Waals surface area contributed by atoms with Gasteiger partial charge >= 0.3 is 6.18 Å². The van der Waals surface area contributed by atoms with E-state index in [2.05, 4.69) is 15.1 Å². The zero-order valence-corrected chi connectivity index (χ0v) is 13.5. The Kier molecular flexibility index (Phi) is 4.20. The van der Waals surface area contributed by atoms with Gasteiger partial charge in [0.15, 0.2) is 5.82 Å². The summed E-state index contributed by atoms with van der Waals surface area (Å²) in [6.45, 7) is 3.52. The molecular formula is C17H15F3N4O. The largest absolute Gasteiger partial charge is 0.416 e. The molecule has 0 saturated heterocycles. The molecule has 0 spiro atoms. The van der Waals surface area contributed by atoms with Gasteiger partial charge in [0.2, 0.25) is 0 Å². The fraction of sp³-hybridized carbons (Fsp3) is 0.235. The number of aryl methyl sites for hydroxylation is 1. The lowest BCUT2D eigenvalue weighted by Crippen LogP contribution is -2.12. The van der Waals surface area contributed by atoms with Crippen LogP contribution in [0.4, 0.5) is 13.2 Å². The number of hydrogen-bond acceptors (Lipinski definition) is 3. The summed E-state index contributed by atoms with van der Waals surface area (Å²) >= 11 is 0. The molecule has 1 N–H and O–H groups in total. The average molecular weight is 348 g/mol. The monoisotopic (exact) mass is 348 g/mol. The molecule has 3 aromatic rings. The van der Waals surface area contributed by atoms with Crippen LogP contribution in [0.5, 0.6) is 0 Å². The number of aromatic nitrogens is 4. The Morgan fingerprint density at radius 1 is 1.16 bits per heavy atom. The first-order valence-electron chi connectivity index (χ1n) is 7.55. The van der Waals surface area contributed by atoms with Gasteiger partial charge in [-0.15, -0.1) is 0 Å². The first kappa shape index (κ1) is 16.9. The molecule has 0 saturated carbocycles. The smallest absolute Gasteiger partial charge is 0.311 e. The van der Waals surface area contributed by atoms with E-state index in [-0.39, 0.29) is 11.5 Å². The van der Waals surface area contributed by atoms with Crippen molar-refractivity contribution in [3.05, 3.63) is 75.6 Å². The molecule has 0 aliphatic carbocycles. The molecule has 1 unspecified atom stereocenters. The van der Waals surface area contributed by atoms with Crippen molar-refractivity contribution in [1.82, 2.24) is 19.7 Å². The minimum atomic E-state index is -4.35. The maximum Gasteiger partial charge on any atom is 0.416 e. The van der Waals surface area contributed by atoms with Crippen molar-refractivity contribution in [3.63, 3.8) is 0 Å². The van der Waals surface area contributed by atoms with Gasteiger partial charge in [-0.05, 0) is 30.7 Å². The molecule has 0 fully saturated rings. The van der Waals surface area contributed by atoms with Crippen molar-refractivity contribution < 1.29 is 13.2 Å². The Morgan fingerprint density at radius 3 is 2.44 bits per heavy atom. The van der Waals surface area contributed by atoms with Crippen LogP contribution in [0.3, 0.4) is 0 Å². The van der Waals surface area contributed by atoms with Gasteiger partial charge in [-0.1, -0.05) is 19.1 Å². The third-order valence-corrected chi connectivity index (χ3v) is 3.87. The van der Waals surface area contributed by atoms with Gasteiger partial charge < -0.3 is 4.98 Å². The van der Waals surface area contributed by atoms with E-state index in [4.69, 9.17) is 0 Å². The molecule has 130 valence electrons. The lowest BCUT2D eigenvalue weighted by Gasteiger charge is -2.11. The van der Waals surface area contributed by atoms with Crippen molar-refractivity contribution >= 4 is 0 Å². The summed E-state index contributed by atoms with van der Waals surface area (Å²) in [5, 5.41) is 4.39. The standard InChI is InChI=1S/C17H15F3N4O/c1-10(12-3-5-13(6-4-12)17(18,19)20)14-7-8-24(23-14)15-9-16(25)22-11(2)21-15/h3-10H,1-2H3,(H,21,22,25). The predicted octanol–water partition coefficient (Wildman–Crippen LogP) is 3.43. The first-order valence-corrected chi connectivity index (χ1v) is 7.55. The van der Waals surface area contributed by atoms with Gasteiger partial charge in [-0.3, -0.25) is 4.79 Å². The molecule has 8 heteroatoms. The summed E-state index contributed by atoms with van der Waals surface area (Å²) < 4.78 is 39.4. The van der Waals surface area contributed by atoms with Crippen molar-refractivity contribution in [3.8, 4) is 5.82 Å². The van der Waals surface area contributed by atoms with Crippen molar-refractivity contribution in [2.75, 3.05) is 0 Å². The lowest BCUT2D eigenvalue weighted by molar-refractivity contribution is -0.137. The minimum absolute atomic E-state index is 0.202. The van der Waals surface area contributed by atoms with E-state index in [9.17, 15) is 18.0 Å². The molecule has 1 atom stereocenters. The zero-order valence-electron chi connectivity index (χ0n) is 13.5. The molecule has 25 heavy (non-hydrogen) atoms. The molecule has 0 amide bonds. The van der Waals surface area contributed by atoms with Crippen molar-refractivity contribution in [1.29, 1.82) is 0 Å². The van der Waals surface area contributed by atoms with Crippen molar-refractivity contribution in [2.45, 2.75) is 25.9 Å². The van der Waals surface area contributed by atoms with E-state index in [0.717, 1.165) is 12.1 Å². The number of hydrogen-bond donors (Lipinski definition) is 1. The summed E-state index contributed by atoms with van der Waals surface area (Å²) in [7, 11) is 0. The zero-order chi connectivity index (χ0) is 18.2.